The van der Waals surface area contributed by atoms with Crippen LogP contribution in [0.15, 0.2) is 12.1 Å². The number of nitrogens with one attached hydrogen (secondary N) is 1. The van der Waals surface area contributed by atoms with Gasteiger partial charge in [-0.15, -0.1) is 11.3 Å². The van der Waals surface area contributed by atoms with Gasteiger partial charge in [-0.25, -0.2) is 0 Å². The van der Waals surface area contributed by atoms with E-state index in [0.29, 0.717) is 11.6 Å². The summed E-state index contributed by atoms with van der Waals surface area (Å²) in [6.07, 6.45) is 7.92. The third-order valence-corrected chi connectivity index (χ3v) is 6.33. The molecule has 1 aliphatic heterocycles. The fourth-order valence-corrected chi connectivity index (χ4v) is 4.90. The van der Waals surface area contributed by atoms with E-state index in [1.807, 2.05) is 6.07 Å². The van der Waals surface area contributed by atoms with Crippen LogP contribution >= 0.6 is 22.9 Å². The molecule has 1 aromatic heterocycles. The van der Waals surface area contributed by atoms with Crippen LogP contribution in [0.3, 0.4) is 0 Å². The van der Waals surface area contributed by atoms with Gasteiger partial charge in [-0.3, -0.25) is 4.90 Å². The molecule has 0 aromatic carbocycles. The molecular weight excluding hydrogens is 288 g/mol. The van der Waals surface area contributed by atoms with Crippen LogP contribution in [-0.4, -0.2) is 36.1 Å². The molecule has 1 saturated heterocycles. The molecule has 2 heterocycles. The minimum absolute atomic E-state index is 0.429. The summed E-state index contributed by atoms with van der Waals surface area (Å²) in [7, 11) is 0. The van der Waals surface area contributed by atoms with Crippen molar-refractivity contribution in [1.29, 1.82) is 0 Å². The summed E-state index contributed by atoms with van der Waals surface area (Å²) < 4.78 is 0.916. The van der Waals surface area contributed by atoms with E-state index in [2.05, 4.69) is 23.2 Å². The summed E-state index contributed by atoms with van der Waals surface area (Å²) in [6.45, 7) is 5.90. The van der Waals surface area contributed by atoms with Gasteiger partial charge in [-0.05, 0) is 37.8 Å². The normalized spacial score (nSPS) is 26.4. The second-order valence-corrected chi connectivity index (χ2v) is 8.16. The maximum atomic E-state index is 6.03. The summed E-state index contributed by atoms with van der Waals surface area (Å²) in [5.41, 5.74) is 0.429. The van der Waals surface area contributed by atoms with Crippen molar-refractivity contribution in [1.82, 2.24) is 10.2 Å². The highest BCUT2D eigenvalue weighted by atomic mass is 35.5. The van der Waals surface area contributed by atoms with Crippen molar-refractivity contribution in [3.8, 4) is 0 Å². The Labute approximate surface area is 131 Å². The van der Waals surface area contributed by atoms with Crippen molar-refractivity contribution in [3.05, 3.63) is 21.3 Å². The van der Waals surface area contributed by atoms with E-state index in [9.17, 15) is 0 Å². The van der Waals surface area contributed by atoms with Gasteiger partial charge in [0.15, 0.2) is 0 Å². The average Bonchev–Trinajstić information content (AvgIpc) is 3.07. The summed E-state index contributed by atoms with van der Waals surface area (Å²) in [4.78, 5) is 4.15. The Balaban J connectivity index is 1.61. The van der Waals surface area contributed by atoms with E-state index in [1.165, 1.54) is 56.6 Å². The van der Waals surface area contributed by atoms with Gasteiger partial charge in [-0.2, -0.15) is 0 Å². The zero-order valence-corrected chi connectivity index (χ0v) is 13.9. The third kappa shape index (κ3) is 3.22. The monoisotopic (exact) mass is 312 g/mol. The van der Waals surface area contributed by atoms with Gasteiger partial charge < -0.3 is 5.32 Å². The molecule has 1 unspecified atom stereocenters. The molecule has 2 nitrogen and oxygen atoms in total. The second kappa shape index (κ2) is 6.35. The molecule has 3 rings (SSSR count). The first-order valence-corrected chi connectivity index (χ1v) is 9.13. The van der Waals surface area contributed by atoms with Gasteiger partial charge in [0.05, 0.1) is 4.34 Å². The SMILES string of the molecule is CCC1CNC2(CCCC2)CN1CCc1ccc(Cl)s1. The van der Waals surface area contributed by atoms with Gasteiger partial charge in [0, 0.05) is 36.1 Å². The topological polar surface area (TPSA) is 15.3 Å². The number of rotatable bonds is 4. The minimum Gasteiger partial charge on any atom is -0.308 e. The number of hydrogen-bond donors (Lipinski definition) is 1. The van der Waals surface area contributed by atoms with Gasteiger partial charge in [0.1, 0.15) is 0 Å². The number of nitrogens with zero attached hydrogens (tertiary/aromatic N) is 1. The van der Waals surface area contributed by atoms with Crippen LogP contribution < -0.4 is 5.32 Å². The summed E-state index contributed by atoms with van der Waals surface area (Å²) >= 11 is 7.76. The quantitative estimate of drug-likeness (QED) is 0.906. The fourth-order valence-electron chi connectivity index (χ4n) is 3.83. The van der Waals surface area contributed by atoms with E-state index in [-0.39, 0.29) is 0 Å². The first kappa shape index (κ1) is 14.8. The largest absolute Gasteiger partial charge is 0.308 e. The predicted molar refractivity (Wildman–Crippen MR) is 87.9 cm³/mol. The molecule has 2 fully saturated rings. The summed E-state index contributed by atoms with van der Waals surface area (Å²) in [6, 6.07) is 4.91. The Morgan fingerprint density at radius 3 is 2.85 bits per heavy atom. The number of piperazine rings is 1. The first-order valence-electron chi connectivity index (χ1n) is 7.94. The van der Waals surface area contributed by atoms with Crippen molar-refractivity contribution in [2.45, 2.75) is 57.0 Å². The Kier molecular flexibility index (Phi) is 4.71. The maximum absolute atomic E-state index is 6.03. The first-order chi connectivity index (χ1) is 9.71. The van der Waals surface area contributed by atoms with Crippen molar-refractivity contribution in [2.75, 3.05) is 19.6 Å². The lowest BCUT2D eigenvalue weighted by molar-refractivity contribution is 0.0796. The van der Waals surface area contributed by atoms with E-state index in [4.69, 9.17) is 11.6 Å². The molecule has 1 N–H and O–H groups in total. The molecule has 1 aromatic rings. The summed E-state index contributed by atoms with van der Waals surface area (Å²) in [5, 5.41) is 3.87. The predicted octanol–water partition coefficient (Wildman–Crippen LogP) is 3.94. The molecule has 20 heavy (non-hydrogen) atoms. The van der Waals surface area contributed by atoms with Crippen LogP contribution in [0.4, 0.5) is 0 Å². The molecule has 2 aliphatic rings. The number of hydrogen-bond acceptors (Lipinski definition) is 3. The van der Waals surface area contributed by atoms with Gasteiger partial charge >= 0.3 is 0 Å². The second-order valence-electron chi connectivity index (χ2n) is 6.36. The molecule has 0 radical (unpaired) electrons. The lowest BCUT2D eigenvalue weighted by Gasteiger charge is -2.46. The smallest absolute Gasteiger partial charge is 0.0931 e. The lowest BCUT2D eigenvalue weighted by Crippen LogP contribution is -2.63. The Hall–Kier alpha value is -0.0900. The molecule has 1 aliphatic carbocycles. The van der Waals surface area contributed by atoms with Crippen LogP contribution in [0.1, 0.15) is 43.9 Å². The standard InChI is InChI=1S/C16H25ClN2S/c1-2-13-11-18-16(8-3-4-9-16)12-19(13)10-7-14-5-6-15(17)20-14/h5-6,13,18H,2-4,7-12H2,1H3. The minimum atomic E-state index is 0.429. The zero-order chi connectivity index (χ0) is 14.0. The van der Waals surface area contributed by atoms with Crippen molar-refractivity contribution in [2.24, 2.45) is 0 Å². The van der Waals surface area contributed by atoms with Crippen LogP contribution in [0.5, 0.6) is 0 Å². The van der Waals surface area contributed by atoms with E-state index in [1.54, 1.807) is 11.3 Å². The van der Waals surface area contributed by atoms with Gasteiger partial charge in [0.25, 0.3) is 0 Å². The average molecular weight is 313 g/mol. The molecule has 0 bridgehead atoms. The Morgan fingerprint density at radius 1 is 1.40 bits per heavy atom. The fraction of sp³-hybridized carbons (Fsp3) is 0.750. The molecule has 1 spiro atoms. The maximum Gasteiger partial charge on any atom is 0.0931 e. The third-order valence-electron chi connectivity index (χ3n) is 5.04. The highest BCUT2D eigenvalue weighted by molar-refractivity contribution is 7.16. The number of halogens is 1. The molecule has 0 amide bonds. The summed E-state index contributed by atoms with van der Waals surface area (Å²) in [5.74, 6) is 0. The van der Waals surface area contributed by atoms with Crippen LogP contribution in [0.2, 0.25) is 4.34 Å². The lowest BCUT2D eigenvalue weighted by atomic mass is 9.91. The zero-order valence-electron chi connectivity index (χ0n) is 12.3. The molecule has 1 atom stereocenters. The number of thiophene rings is 1. The highest BCUT2D eigenvalue weighted by Gasteiger charge is 2.40. The molecule has 1 saturated carbocycles. The van der Waals surface area contributed by atoms with E-state index < -0.39 is 0 Å². The van der Waals surface area contributed by atoms with E-state index >= 15 is 0 Å². The van der Waals surface area contributed by atoms with Crippen LogP contribution in [-0.2, 0) is 6.42 Å². The van der Waals surface area contributed by atoms with Crippen molar-refractivity contribution >= 4 is 22.9 Å². The van der Waals surface area contributed by atoms with Crippen LogP contribution in [0.25, 0.3) is 0 Å². The van der Waals surface area contributed by atoms with Gasteiger partial charge in [-0.1, -0.05) is 31.4 Å². The van der Waals surface area contributed by atoms with Gasteiger partial charge in [0.2, 0.25) is 0 Å². The van der Waals surface area contributed by atoms with Crippen LogP contribution in [0, 0.1) is 0 Å². The molecule has 112 valence electrons. The van der Waals surface area contributed by atoms with Crippen molar-refractivity contribution < 1.29 is 0 Å². The molecular formula is C16H25ClN2S. The molecule has 4 heteroatoms. The Bertz CT molecular complexity index is 439. The van der Waals surface area contributed by atoms with Crippen molar-refractivity contribution in [3.63, 3.8) is 0 Å². The van der Waals surface area contributed by atoms with E-state index in [0.717, 1.165) is 10.8 Å². The Morgan fingerprint density at radius 2 is 2.20 bits per heavy atom. The highest BCUT2D eigenvalue weighted by Crippen LogP contribution is 2.33.